The first-order chi connectivity index (χ1) is 14.0. The molecular weight excluding hydrogens is 388 g/mol. The predicted octanol–water partition coefficient (Wildman–Crippen LogP) is 3.79. The van der Waals surface area contributed by atoms with Crippen LogP contribution >= 0.6 is 11.6 Å². The van der Waals surface area contributed by atoms with Gasteiger partial charge in [-0.2, -0.15) is 0 Å². The molecule has 0 radical (unpaired) electrons. The number of amides is 2. The van der Waals surface area contributed by atoms with E-state index in [4.69, 9.17) is 16.3 Å². The van der Waals surface area contributed by atoms with Gasteiger partial charge in [0.25, 0.3) is 0 Å². The zero-order valence-electron chi connectivity index (χ0n) is 16.9. The molecule has 1 aliphatic rings. The average molecular weight is 415 g/mol. The monoisotopic (exact) mass is 414 g/mol. The standard InChI is InChI=1S/C23H27ClN2O3/c1-25(15-19-14-20(24)10-11-21(19)29-2)23(28)18-9-6-12-26(16-18)22(27)13-17-7-4-3-5-8-17/h3-5,7-8,10-11,14,18H,6,9,12-13,15-16H2,1-2H3. The predicted molar refractivity (Wildman–Crippen MR) is 114 cm³/mol. The van der Waals surface area contributed by atoms with Crippen LogP contribution in [0.25, 0.3) is 0 Å². The number of nitrogens with zero attached hydrogens (tertiary/aromatic N) is 2. The van der Waals surface area contributed by atoms with E-state index < -0.39 is 0 Å². The molecule has 29 heavy (non-hydrogen) atoms. The van der Waals surface area contributed by atoms with Gasteiger partial charge in [-0.1, -0.05) is 41.9 Å². The highest BCUT2D eigenvalue weighted by Crippen LogP contribution is 2.25. The molecule has 6 heteroatoms. The van der Waals surface area contributed by atoms with Crippen LogP contribution in [0, 0.1) is 5.92 Å². The number of rotatable bonds is 6. The summed E-state index contributed by atoms with van der Waals surface area (Å²) in [6, 6.07) is 15.1. The SMILES string of the molecule is COc1ccc(Cl)cc1CN(C)C(=O)C1CCCN(C(=O)Cc2ccccc2)C1. The van der Waals surface area contributed by atoms with Gasteiger partial charge >= 0.3 is 0 Å². The van der Waals surface area contributed by atoms with Crippen LogP contribution < -0.4 is 4.74 Å². The highest BCUT2D eigenvalue weighted by atomic mass is 35.5. The lowest BCUT2D eigenvalue weighted by atomic mass is 9.95. The van der Waals surface area contributed by atoms with Crippen LogP contribution in [0.4, 0.5) is 0 Å². The van der Waals surface area contributed by atoms with Crippen molar-refractivity contribution in [3.05, 3.63) is 64.7 Å². The Balaban J connectivity index is 1.61. The minimum absolute atomic E-state index is 0.0456. The fourth-order valence-corrected chi connectivity index (χ4v) is 4.00. The summed E-state index contributed by atoms with van der Waals surface area (Å²) in [6.07, 6.45) is 2.01. The second kappa shape index (κ2) is 9.79. The Morgan fingerprint density at radius 2 is 1.97 bits per heavy atom. The molecule has 0 spiro atoms. The van der Waals surface area contributed by atoms with Gasteiger partial charge in [0.2, 0.25) is 11.8 Å². The summed E-state index contributed by atoms with van der Waals surface area (Å²) >= 11 is 6.10. The first kappa shape index (κ1) is 21.2. The first-order valence-electron chi connectivity index (χ1n) is 9.87. The molecule has 0 aliphatic carbocycles. The van der Waals surface area contributed by atoms with Crippen LogP contribution in [-0.4, -0.2) is 48.9 Å². The number of methoxy groups -OCH3 is 1. The normalized spacial score (nSPS) is 16.4. The molecule has 2 amide bonds. The summed E-state index contributed by atoms with van der Waals surface area (Å²) in [4.78, 5) is 29.2. The first-order valence-corrected chi connectivity index (χ1v) is 10.2. The van der Waals surface area contributed by atoms with E-state index in [1.165, 1.54) is 0 Å². The van der Waals surface area contributed by atoms with Crippen molar-refractivity contribution in [2.75, 3.05) is 27.2 Å². The highest BCUT2D eigenvalue weighted by Gasteiger charge is 2.30. The Morgan fingerprint density at radius 1 is 1.21 bits per heavy atom. The lowest BCUT2D eigenvalue weighted by molar-refractivity contribution is -0.140. The number of carbonyl (C=O) groups is 2. The van der Waals surface area contributed by atoms with E-state index in [0.29, 0.717) is 36.8 Å². The fourth-order valence-electron chi connectivity index (χ4n) is 3.80. The molecule has 2 aromatic rings. The second-order valence-electron chi connectivity index (χ2n) is 7.49. The van der Waals surface area contributed by atoms with E-state index in [-0.39, 0.29) is 17.7 Å². The molecule has 1 aliphatic heterocycles. The maximum absolute atomic E-state index is 13.0. The summed E-state index contributed by atoms with van der Waals surface area (Å²) < 4.78 is 5.38. The smallest absolute Gasteiger partial charge is 0.227 e. The van der Waals surface area contributed by atoms with E-state index in [1.807, 2.05) is 41.3 Å². The second-order valence-corrected chi connectivity index (χ2v) is 7.93. The molecule has 1 fully saturated rings. The number of carbonyl (C=O) groups excluding carboxylic acids is 2. The zero-order chi connectivity index (χ0) is 20.8. The highest BCUT2D eigenvalue weighted by molar-refractivity contribution is 6.30. The molecule has 154 valence electrons. The van der Waals surface area contributed by atoms with Crippen molar-refractivity contribution in [3.63, 3.8) is 0 Å². The van der Waals surface area contributed by atoms with E-state index in [9.17, 15) is 9.59 Å². The Morgan fingerprint density at radius 3 is 2.69 bits per heavy atom. The summed E-state index contributed by atoms with van der Waals surface area (Å²) in [5.74, 6) is 0.646. The number of piperidine rings is 1. The van der Waals surface area contributed by atoms with Gasteiger partial charge in [0.1, 0.15) is 5.75 Å². The lowest BCUT2D eigenvalue weighted by Crippen LogP contribution is -2.46. The summed E-state index contributed by atoms with van der Waals surface area (Å²) in [5.41, 5.74) is 1.86. The molecular formula is C23H27ClN2O3. The van der Waals surface area contributed by atoms with Gasteiger partial charge in [0.15, 0.2) is 0 Å². The molecule has 5 nitrogen and oxygen atoms in total. The van der Waals surface area contributed by atoms with Gasteiger partial charge in [0, 0.05) is 37.3 Å². The number of hydrogen-bond acceptors (Lipinski definition) is 3. The Bertz CT molecular complexity index is 856. The van der Waals surface area contributed by atoms with Crippen LogP contribution in [0.1, 0.15) is 24.0 Å². The van der Waals surface area contributed by atoms with Crippen molar-refractivity contribution < 1.29 is 14.3 Å². The summed E-state index contributed by atoms with van der Waals surface area (Å²) in [5, 5.41) is 0.608. The summed E-state index contributed by atoms with van der Waals surface area (Å²) in [6.45, 7) is 1.60. The largest absolute Gasteiger partial charge is 0.496 e. The van der Waals surface area contributed by atoms with Crippen LogP contribution in [0.15, 0.2) is 48.5 Å². The topological polar surface area (TPSA) is 49.9 Å². The van der Waals surface area contributed by atoms with Crippen LogP contribution in [0.2, 0.25) is 5.02 Å². The maximum Gasteiger partial charge on any atom is 0.227 e. The van der Waals surface area contributed by atoms with E-state index in [1.54, 1.807) is 31.2 Å². The van der Waals surface area contributed by atoms with Crippen LogP contribution in [0.3, 0.4) is 0 Å². The van der Waals surface area contributed by atoms with E-state index in [0.717, 1.165) is 24.0 Å². The molecule has 1 atom stereocenters. The third-order valence-corrected chi connectivity index (χ3v) is 5.58. The van der Waals surface area contributed by atoms with Crippen molar-refractivity contribution in [1.29, 1.82) is 0 Å². The van der Waals surface area contributed by atoms with Crippen LogP contribution in [0.5, 0.6) is 5.75 Å². The summed E-state index contributed by atoms with van der Waals surface area (Å²) in [7, 11) is 3.39. The molecule has 1 heterocycles. The molecule has 0 saturated carbocycles. The minimum atomic E-state index is -0.182. The van der Waals surface area contributed by atoms with E-state index in [2.05, 4.69) is 0 Å². The molecule has 0 aromatic heterocycles. The van der Waals surface area contributed by atoms with Crippen molar-refractivity contribution in [2.45, 2.75) is 25.8 Å². The number of benzene rings is 2. The van der Waals surface area contributed by atoms with E-state index >= 15 is 0 Å². The van der Waals surface area contributed by atoms with Crippen molar-refractivity contribution in [3.8, 4) is 5.75 Å². The Labute approximate surface area is 177 Å². The Kier molecular flexibility index (Phi) is 7.15. The number of hydrogen-bond donors (Lipinski definition) is 0. The molecule has 3 rings (SSSR count). The third-order valence-electron chi connectivity index (χ3n) is 5.35. The fraction of sp³-hybridized carbons (Fsp3) is 0.391. The van der Waals surface area contributed by atoms with Gasteiger partial charge in [-0.05, 0) is 36.6 Å². The number of ether oxygens (including phenoxy) is 1. The lowest BCUT2D eigenvalue weighted by Gasteiger charge is -2.34. The number of halogens is 1. The van der Waals surface area contributed by atoms with Crippen molar-refractivity contribution >= 4 is 23.4 Å². The number of likely N-dealkylation sites (tertiary alicyclic amines) is 1. The molecule has 1 saturated heterocycles. The van der Waals surface area contributed by atoms with Gasteiger partial charge < -0.3 is 14.5 Å². The van der Waals surface area contributed by atoms with Gasteiger partial charge in [-0.3, -0.25) is 9.59 Å². The average Bonchev–Trinajstić information content (AvgIpc) is 2.74. The van der Waals surface area contributed by atoms with Gasteiger partial charge in [-0.25, -0.2) is 0 Å². The van der Waals surface area contributed by atoms with Crippen LogP contribution in [-0.2, 0) is 22.6 Å². The zero-order valence-corrected chi connectivity index (χ0v) is 17.7. The molecule has 1 unspecified atom stereocenters. The van der Waals surface area contributed by atoms with Crippen molar-refractivity contribution in [2.24, 2.45) is 5.92 Å². The maximum atomic E-state index is 13.0. The quantitative estimate of drug-likeness (QED) is 0.722. The van der Waals surface area contributed by atoms with Gasteiger partial charge in [0.05, 0.1) is 19.4 Å². The minimum Gasteiger partial charge on any atom is -0.496 e. The third kappa shape index (κ3) is 5.51. The molecule has 0 N–H and O–H groups in total. The van der Waals surface area contributed by atoms with Crippen molar-refractivity contribution in [1.82, 2.24) is 9.80 Å². The Hall–Kier alpha value is -2.53. The van der Waals surface area contributed by atoms with Gasteiger partial charge in [-0.15, -0.1) is 0 Å². The molecule has 2 aromatic carbocycles. The molecule has 0 bridgehead atoms.